The molecule has 1 amide bonds. The van der Waals surface area contributed by atoms with Gasteiger partial charge in [0.1, 0.15) is 0 Å². The van der Waals surface area contributed by atoms with Crippen LogP contribution in [0, 0.1) is 17.7 Å². The summed E-state index contributed by atoms with van der Waals surface area (Å²) in [7, 11) is 1.40. The summed E-state index contributed by atoms with van der Waals surface area (Å²) in [6.07, 6.45) is 2.12. The number of nitrogens with one attached hydrogen (secondary N) is 1. The van der Waals surface area contributed by atoms with Crippen molar-refractivity contribution < 1.29 is 13.9 Å². The first-order valence-electron chi connectivity index (χ1n) is 7.31. The van der Waals surface area contributed by atoms with Crippen LogP contribution in [0.15, 0.2) is 18.2 Å². The standard InChI is InChI=1S/C16H25FN2O2/c1-11(2)12(8-9-18)4-7-16(20)19-13-5-6-15(21-3)14(17)10-13/h5-6,10-12H,4,7-9,18H2,1-3H3,(H,19,20). The Labute approximate surface area is 125 Å². The first-order valence-corrected chi connectivity index (χ1v) is 7.31. The Morgan fingerprint density at radius 3 is 2.62 bits per heavy atom. The maximum absolute atomic E-state index is 13.5. The molecule has 118 valence electrons. The van der Waals surface area contributed by atoms with Crippen molar-refractivity contribution in [3.63, 3.8) is 0 Å². The van der Waals surface area contributed by atoms with Crippen LogP contribution in [0.2, 0.25) is 0 Å². The summed E-state index contributed by atoms with van der Waals surface area (Å²) < 4.78 is 18.4. The maximum atomic E-state index is 13.5. The number of carbonyl (C=O) groups excluding carboxylic acids is 1. The Balaban J connectivity index is 2.51. The Kier molecular flexibility index (Phi) is 7.15. The number of methoxy groups -OCH3 is 1. The minimum Gasteiger partial charge on any atom is -0.494 e. The average molecular weight is 296 g/mol. The second-order valence-corrected chi connectivity index (χ2v) is 5.52. The van der Waals surface area contributed by atoms with E-state index in [2.05, 4.69) is 19.2 Å². The third-order valence-electron chi connectivity index (χ3n) is 3.66. The van der Waals surface area contributed by atoms with Gasteiger partial charge in [-0.2, -0.15) is 0 Å². The highest BCUT2D eigenvalue weighted by atomic mass is 19.1. The molecular weight excluding hydrogens is 271 g/mol. The van der Waals surface area contributed by atoms with E-state index in [-0.39, 0.29) is 11.7 Å². The molecule has 1 aromatic rings. The van der Waals surface area contributed by atoms with E-state index in [4.69, 9.17) is 10.5 Å². The zero-order chi connectivity index (χ0) is 15.8. The SMILES string of the molecule is COc1ccc(NC(=O)CCC(CCN)C(C)C)cc1F. The third-order valence-corrected chi connectivity index (χ3v) is 3.66. The van der Waals surface area contributed by atoms with Gasteiger partial charge in [-0.25, -0.2) is 4.39 Å². The number of benzene rings is 1. The molecule has 0 aliphatic carbocycles. The summed E-state index contributed by atoms with van der Waals surface area (Å²) in [6.45, 7) is 4.91. The Bertz CT molecular complexity index is 464. The number of amides is 1. The second-order valence-electron chi connectivity index (χ2n) is 5.52. The molecule has 0 heterocycles. The molecule has 0 radical (unpaired) electrons. The van der Waals surface area contributed by atoms with Crippen molar-refractivity contribution in [2.24, 2.45) is 17.6 Å². The Hall–Kier alpha value is -1.62. The normalized spacial score (nSPS) is 12.3. The number of nitrogens with two attached hydrogens (primary N) is 1. The minimum absolute atomic E-state index is 0.109. The number of hydrogen-bond acceptors (Lipinski definition) is 3. The van der Waals surface area contributed by atoms with Gasteiger partial charge in [-0.1, -0.05) is 13.8 Å². The van der Waals surface area contributed by atoms with E-state index in [0.717, 1.165) is 12.8 Å². The van der Waals surface area contributed by atoms with Gasteiger partial charge in [0, 0.05) is 18.2 Å². The zero-order valence-corrected chi connectivity index (χ0v) is 13.0. The summed E-state index contributed by atoms with van der Waals surface area (Å²) in [6, 6.07) is 4.38. The van der Waals surface area contributed by atoms with Crippen LogP contribution < -0.4 is 15.8 Å². The number of carbonyl (C=O) groups is 1. The average Bonchev–Trinajstić information content (AvgIpc) is 2.43. The van der Waals surface area contributed by atoms with E-state index in [9.17, 15) is 9.18 Å². The van der Waals surface area contributed by atoms with E-state index in [0.29, 0.717) is 30.5 Å². The highest BCUT2D eigenvalue weighted by molar-refractivity contribution is 5.90. The molecular formula is C16H25FN2O2. The van der Waals surface area contributed by atoms with Gasteiger partial charge in [-0.15, -0.1) is 0 Å². The minimum atomic E-state index is -0.488. The van der Waals surface area contributed by atoms with Crippen molar-refractivity contribution in [2.45, 2.75) is 33.1 Å². The van der Waals surface area contributed by atoms with Crippen molar-refractivity contribution >= 4 is 11.6 Å². The fourth-order valence-electron chi connectivity index (χ4n) is 2.31. The molecule has 4 nitrogen and oxygen atoms in total. The van der Waals surface area contributed by atoms with Crippen LogP contribution in [0.4, 0.5) is 10.1 Å². The molecule has 1 aromatic carbocycles. The van der Waals surface area contributed by atoms with Crippen LogP contribution in [-0.4, -0.2) is 19.6 Å². The largest absolute Gasteiger partial charge is 0.494 e. The number of ether oxygens (including phenoxy) is 1. The van der Waals surface area contributed by atoms with Crippen molar-refractivity contribution in [3.05, 3.63) is 24.0 Å². The van der Waals surface area contributed by atoms with Gasteiger partial charge < -0.3 is 15.8 Å². The molecule has 5 heteroatoms. The lowest BCUT2D eigenvalue weighted by Crippen LogP contribution is -2.18. The lowest BCUT2D eigenvalue weighted by atomic mass is 9.88. The molecule has 0 saturated heterocycles. The Morgan fingerprint density at radius 2 is 2.10 bits per heavy atom. The van der Waals surface area contributed by atoms with Crippen LogP contribution >= 0.6 is 0 Å². The van der Waals surface area contributed by atoms with Gasteiger partial charge in [0.2, 0.25) is 5.91 Å². The van der Waals surface area contributed by atoms with E-state index >= 15 is 0 Å². The van der Waals surface area contributed by atoms with Crippen molar-refractivity contribution in [3.8, 4) is 5.75 Å². The Morgan fingerprint density at radius 1 is 1.38 bits per heavy atom. The highest BCUT2D eigenvalue weighted by Crippen LogP contribution is 2.22. The maximum Gasteiger partial charge on any atom is 0.224 e. The fraction of sp³-hybridized carbons (Fsp3) is 0.562. The molecule has 3 N–H and O–H groups in total. The lowest BCUT2D eigenvalue weighted by Gasteiger charge is -2.19. The van der Waals surface area contributed by atoms with Gasteiger partial charge in [0.25, 0.3) is 0 Å². The molecule has 0 aromatic heterocycles. The first kappa shape index (κ1) is 17.4. The van der Waals surface area contributed by atoms with Crippen molar-refractivity contribution in [2.75, 3.05) is 19.0 Å². The number of halogens is 1. The van der Waals surface area contributed by atoms with Crippen LogP contribution in [0.3, 0.4) is 0 Å². The molecule has 0 bridgehead atoms. The smallest absolute Gasteiger partial charge is 0.224 e. The van der Waals surface area contributed by atoms with Crippen molar-refractivity contribution in [1.29, 1.82) is 0 Å². The van der Waals surface area contributed by atoms with Gasteiger partial charge in [0.05, 0.1) is 7.11 Å². The number of anilines is 1. The predicted molar refractivity (Wildman–Crippen MR) is 82.8 cm³/mol. The molecule has 21 heavy (non-hydrogen) atoms. The first-order chi connectivity index (χ1) is 9.97. The van der Waals surface area contributed by atoms with Crippen LogP contribution in [0.5, 0.6) is 5.75 Å². The summed E-state index contributed by atoms with van der Waals surface area (Å²) in [5, 5.41) is 2.70. The fourth-order valence-corrected chi connectivity index (χ4v) is 2.31. The van der Waals surface area contributed by atoms with Gasteiger partial charge in [-0.3, -0.25) is 4.79 Å². The van der Waals surface area contributed by atoms with Crippen LogP contribution in [-0.2, 0) is 4.79 Å². The van der Waals surface area contributed by atoms with Gasteiger partial charge >= 0.3 is 0 Å². The molecule has 1 atom stereocenters. The molecule has 0 aliphatic heterocycles. The summed E-state index contributed by atoms with van der Waals surface area (Å²) in [5.74, 6) is 0.504. The van der Waals surface area contributed by atoms with Crippen LogP contribution in [0.1, 0.15) is 33.1 Å². The third kappa shape index (κ3) is 5.71. The van der Waals surface area contributed by atoms with E-state index in [1.165, 1.54) is 19.2 Å². The molecule has 0 saturated carbocycles. The molecule has 0 aliphatic rings. The van der Waals surface area contributed by atoms with Crippen LogP contribution in [0.25, 0.3) is 0 Å². The molecule has 0 fully saturated rings. The lowest BCUT2D eigenvalue weighted by molar-refractivity contribution is -0.116. The topological polar surface area (TPSA) is 64.3 Å². The quantitative estimate of drug-likeness (QED) is 0.774. The molecule has 1 unspecified atom stereocenters. The number of hydrogen-bond donors (Lipinski definition) is 2. The van der Waals surface area contributed by atoms with Crippen molar-refractivity contribution in [1.82, 2.24) is 0 Å². The summed E-state index contributed by atoms with van der Waals surface area (Å²) >= 11 is 0. The highest BCUT2D eigenvalue weighted by Gasteiger charge is 2.14. The van der Waals surface area contributed by atoms with Gasteiger partial charge in [-0.05, 0) is 43.4 Å². The monoisotopic (exact) mass is 296 g/mol. The van der Waals surface area contributed by atoms with E-state index in [1.54, 1.807) is 6.07 Å². The molecule has 1 rings (SSSR count). The molecule has 0 spiro atoms. The number of rotatable bonds is 8. The second kappa shape index (κ2) is 8.62. The summed E-state index contributed by atoms with van der Waals surface area (Å²) in [5.41, 5.74) is 6.03. The van der Waals surface area contributed by atoms with Gasteiger partial charge in [0.15, 0.2) is 11.6 Å². The van der Waals surface area contributed by atoms with E-state index < -0.39 is 5.82 Å². The zero-order valence-electron chi connectivity index (χ0n) is 13.0. The summed E-state index contributed by atoms with van der Waals surface area (Å²) in [4.78, 5) is 11.9. The van der Waals surface area contributed by atoms with E-state index in [1.807, 2.05) is 0 Å². The predicted octanol–water partition coefficient (Wildman–Crippen LogP) is 3.17.